The molecular weight excluding hydrogens is 336 g/mol. The molecule has 1 aliphatic carbocycles. The van der Waals surface area contributed by atoms with Crippen LogP contribution in [0.2, 0.25) is 0 Å². The molecule has 0 bridgehead atoms. The van der Waals surface area contributed by atoms with Crippen molar-refractivity contribution in [3.63, 3.8) is 0 Å². The van der Waals surface area contributed by atoms with Crippen LogP contribution in [0.15, 0.2) is 18.2 Å². The number of thiazole rings is 1. The Morgan fingerprint density at radius 1 is 1.20 bits per heavy atom. The number of ether oxygens (including phenoxy) is 2. The fraction of sp³-hybridized carbons (Fsp3) is 0.474. The van der Waals surface area contributed by atoms with Crippen molar-refractivity contribution >= 4 is 22.4 Å². The Bertz CT molecular complexity index is 717. The maximum absolute atomic E-state index is 12.6. The smallest absolute Gasteiger partial charge is 0.257 e. The molecule has 1 heterocycles. The number of methoxy groups -OCH3 is 1. The van der Waals surface area contributed by atoms with E-state index < -0.39 is 0 Å². The molecule has 0 radical (unpaired) electrons. The zero-order valence-electron chi connectivity index (χ0n) is 14.8. The molecule has 0 unspecified atom stereocenters. The van der Waals surface area contributed by atoms with Crippen LogP contribution in [0, 0.1) is 0 Å². The Morgan fingerprint density at radius 2 is 2.00 bits per heavy atom. The molecule has 5 nitrogen and oxygen atoms in total. The minimum atomic E-state index is -0.178. The third-order valence-corrected chi connectivity index (χ3v) is 5.36. The van der Waals surface area contributed by atoms with Crippen LogP contribution in [-0.2, 0) is 12.8 Å². The second-order valence-electron chi connectivity index (χ2n) is 6.06. The monoisotopic (exact) mass is 360 g/mol. The molecule has 2 aromatic rings. The van der Waals surface area contributed by atoms with Gasteiger partial charge in [0.15, 0.2) is 16.6 Å². The fourth-order valence-electron chi connectivity index (χ4n) is 3.01. The van der Waals surface area contributed by atoms with Crippen LogP contribution in [0.1, 0.15) is 53.5 Å². The number of nitrogens with one attached hydrogen (secondary N) is 1. The van der Waals surface area contributed by atoms with E-state index in [0.29, 0.717) is 28.8 Å². The normalized spacial score (nSPS) is 14.2. The summed E-state index contributed by atoms with van der Waals surface area (Å²) in [6, 6.07) is 5.20. The second kappa shape index (κ2) is 8.34. The molecule has 0 saturated carbocycles. The molecule has 1 amide bonds. The van der Waals surface area contributed by atoms with E-state index in [1.807, 2.05) is 6.92 Å². The molecule has 0 fully saturated rings. The Labute approximate surface area is 152 Å². The van der Waals surface area contributed by atoms with Gasteiger partial charge in [0.25, 0.3) is 5.91 Å². The lowest BCUT2D eigenvalue weighted by atomic mass is 10.0. The van der Waals surface area contributed by atoms with E-state index in [4.69, 9.17) is 9.47 Å². The minimum Gasteiger partial charge on any atom is -0.493 e. The molecule has 0 saturated heterocycles. The number of aryl methyl sites for hydroxylation is 2. The molecule has 0 spiro atoms. The SMILES string of the molecule is CCOc1ccc(C(=O)Nc2nc3c(s2)CCCCCC3)cc1OC. The Hall–Kier alpha value is -2.08. The number of aromatic nitrogens is 1. The lowest BCUT2D eigenvalue weighted by Gasteiger charge is -2.10. The van der Waals surface area contributed by atoms with Gasteiger partial charge in [-0.15, -0.1) is 11.3 Å². The minimum absolute atomic E-state index is 0.178. The van der Waals surface area contributed by atoms with Crippen LogP contribution < -0.4 is 14.8 Å². The summed E-state index contributed by atoms with van der Waals surface area (Å²) in [7, 11) is 1.57. The van der Waals surface area contributed by atoms with Crippen LogP contribution in [0.5, 0.6) is 11.5 Å². The lowest BCUT2D eigenvalue weighted by Crippen LogP contribution is -2.12. The fourth-order valence-corrected chi connectivity index (χ4v) is 4.06. The number of anilines is 1. The first-order valence-corrected chi connectivity index (χ1v) is 9.63. The van der Waals surface area contributed by atoms with Crippen molar-refractivity contribution in [3.05, 3.63) is 34.3 Å². The van der Waals surface area contributed by atoms with E-state index in [-0.39, 0.29) is 5.91 Å². The van der Waals surface area contributed by atoms with E-state index in [1.54, 1.807) is 36.6 Å². The number of hydrogen-bond acceptors (Lipinski definition) is 5. The highest BCUT2D eigenvalue weighted by Crippen LogP contribution is 2.30. The third-order valence-electron chi connectivity index (χ3n) is 4.29. The Kier molecular flexibility index (Phi) is 5.91. The van der Waals surface area contributed by atoms with Crippen LogP contribution >= 0.6 is 11.3 Å². The van der Waals surface area contributed by atoms with Gasteiger partial charge >= 0.3 is 0 Å². The molecule has 1 aromatic heterocycles. The first kappa shape index (κ1) is 17.7. The number of benzene rings is 1. The largest absolute Gasteiger partial charge is 0.493 e. The average Bonchev–Trinajstić information content (AvgIpc) is 2.96. The van der Waals surface area contributed by atoms with Crippen molar-refractivity contribution in [2.45, 2.75) is 45.4 Å². The Balaban J connectivity index is 1.75. The maximum atomic E-state index is 12.6. The number of carbonyl (C=O) groups is 1. The highest BCUT2D eigenvalue weighted by Gasteiger charge is 2.16. The summed E-state index contributed by atoms with van der Waals surface area (Å²) in [6.45, 7) is 2.46. The summed E-state index contributed by atoms with van der Waals surface area (Å²) in [5.74, 6) is 1.02. The maximum Gasteiger partial charge on any atom is 0.257 e. The van der Waals surface area contributed by atoms with Crippen LogP contribution in [0.4, 0.5) is 5.13 Å². The summed E-state index contributed by atoms with van der Waals surface area (Å²) in [5, 5.41) is 3.62. The summed E-state index contributed by atoms with van der Waals surface area (Å²) >= 11 is 1.60. The van der Waals surface area contributed by atoms with Crippen molar-refractivity contribution in [1.29, 1.82) is 0 Å². The predicted molar refractivity (Wildman–Crippen MR) is 100 cm³/mol. The third kappa shape index (κ3) is 4.31. The predicted octanol–water partition coefficient (Wildman–Crippen LogP) is 4.46. The quantitative estimate of drug-likeness (QED) is 0.855. The van der Waals surface area contributed by atoms with Gasteiger partial charge in [0.2, 0.25) is 0 Å². The van der Waals surface area contributed by atoms with Crippen LogP contribution in [0.3, 0.4) is 0 Å². The van der Waals surface area contributed by atoms with Crippen molar-refractivity contribution in [3.8, 4) is 11.5 Å². The molecule has 1 aromatic carbocycles. The number of hydrogen-bond donors (Lipinski definition) is 1. The van der Waals surface area contributed by atoms with Gasteiger partial charge in [0.1, 0.15) is 0 Å². The average molecular weight is 360 g/mol. The van der Waals surface area contributed by atoms with Gasteiger partial charge in [0.05, 0.1) is 19.4 Å². The van der Waals surface area contributed by atoms with Gasteiger partial charge in [-0.25, -0.2) is 4.98 Å². The number of carbonyl (C=O) groups excluding carboxylic acids is 1. The van der Waals surface area contributed by atoms with Gasteiger partial charge in [-0.05, 0) is 50.8 Å². The summed E-state index contributed by atoms with van der Waals surface area (Å²) in [5.41, 5.74) is 1.69. The lowest BCUT2D eigenvalue weighted by molar-refractivity contribution is 0.102. The first-order valence-electron chi connectivity index (χ1n) is 8.82. The molecule has 25 heavy (non-hydrogen) atoms. The zero-order chi connectivity index (χ0) is 17.6. The topological polar surface area (TPSA) is 60.5 Å². The van der Waals surface area contributed by atoms with E-state index in [1.165, 1.54) is 30.6 Å². The molecule has 0 atom stereocenters. The summed E-state index contributed by atoms with van der Waals surface area (Å²) in [6.07, 6.45) is 7.02. The number of rotatable bonds is 5. The number of nitrogens with zero attached hydrogens (tertiary/aromatic N) is 1. The van der Waals surface area contributed by atoms with E-state index in [2.05, 4.69) is 10.3 Å². The van der Waals surface area contributed by atoms with Gasteiger partial charge in [-0.2, -0.15) is 0 Å². The van der Waals surface area contributed by atoms with Crippen molar-refractivity contribution < 1.29 is 14.3 Å². The standard InChI is InChI=1S/C19H24N2O3S/c1-3-24-15-11-10-13(12-16(15)23-2)18(22)21-19-20-14-8-6-4-5-7-9-17(14)25-19/h10-12H,3-9H2,1-2H3,(H,20,21,22). The summed E-state index contributed by atoms with van der Waals surface area (Å²) in [4.78, 5) is 18.5. The second-order valence-corrected chi connectivity index (χ2v) is 7.14. The van der Waals surface area contributed by atoms with Crippen LogP contribution in [-0.4, -0.2) is 24.6 Å². The van der Waals surface area contributed by atoms with Crippen molar-refractivity contribution in [2.75, 3.05) is 19.0 Å². The molecule has 0 aliphatic heterocycles. The van der Waals surface area contributed by atoms with Gasteiger partial charge < -0.3 is 9.47 Å². The highest BCUT2D eigenvalue weighted by molar-refractivity contribution is 7.15. The first-order chi connectivity index (χ1) is 12.2. The Morgan fingerprint density at radius 3 is 2.76 bits per heavy atom. The molecular formula is C19H24N2O3S. The van der Waals surface area contributed by atoms with Crippen LogP contribution in [0.25, 0.3) is 0 Å². The van der Waals surface area contributed by atoms with E-state index in [0.717, 1.165) is 18.5 Å². The van der Waals surface area contributed by atoms with E-state index >= 15 is 0 Å². The summed E-state index contributed by atoms with van der Waals surface area (Å²) < 4.78 is 10.8. The molecule has 3 rings (SSSR count). The molecule has 6 heteroatoms. The van der Waals surface area contributed by atoms with Gasteiger partial charge in [-0.1, -0.05) is 12.8 Å². The molecule has 1 aliphatic rings. The van der Waals surface area contributed by atoms with E-state index in [9.17, 15) is 4.79 Å². The van der Waals surface area contributed by atoms with Gasteiger partial charge in [0, 0.05) is 10.4 Å². The zero-order valence-corrected chi connectivity index (χ0v) is 15.6. The van der Waals surface area contributed by atoms with Crippen molar-refractivity contribution in [1.82, 2.24) is 4.98 Å². The molecule has 1 N–H and O–H groups in total. The van der Waals surface area contributed by atoms with Gasteiger partial charge in [-0.3, -0.25) is 10.1 Å². The molecule has 134 valence electrons. The number of fused-ring (bicyclic) bond motifs is 1. The van der Waals surface area contributed by atoms with Crippen molar-refractivity contribution in [2.24, 2.45) is 0 Å². The number of amides is 1. The highest BCUT2D eigenvalue weighted by atomic mass is 32.1.